The Balaban J connectivity index is 1.70. The summed E-state index contributed by atoms with van der Waals surface area (Å²) in [5.74, 6) is -0.0543. The number of hydrogen-bond acceptors (Lipinski definition) is 4. The molecule has 1 aromatic heterocycles. The van der Waals surface area contributed by atoms with Crippen LogP contribution in [0.3, 0.4) is 0 Å². The number of aryl methyl sites for hydroxylation is 1. The van der Waals surface area contributed by atoms with Gasteiger partial charge >= 0.3 is 0 Å². The first-order chi connectivity index (χ1) is 11.7. The highest BCUT2D eigenvalue weighted by Gasteiger charge is 2.26. The Morgan fingerprint density at radius 1 is 1.42 bits per heavy atom. The van der Waals surface area contributed by atoms with Crippen LogP contribution in [0.1, 0.15) is 25.3 Å². The normalized spacial score (nSPS) is 17.5. The van der Waals surface area contributed by atoms with E-state index < -0.39 is 0 Å². The molecule has 0 spiro atoms. The van der Waals surface area contributed by atoms with Crippen molar-refractivity contribution in [3.63, 3.8) is 0 Å². The van der Waals surface area contributed by atoms with Gasteiger partial charge in [-0.3, -0.25) is 9.59 Å². The van der Waals surface area contributed by atoms with Crippen LogP contribution in [0.15, 0.2) is 41.3 Å². The zero-order chi connectivity index (χ0) is 16.9. The fourth-order valence-electron chi connectivity index (χ4n) is 3.15. The van der Waals surface area contributed by atoms with Gasteiger partial charge in [-0.1, -0.05) is 25.1 Å². The third-order valence-corrected chi connectivity index (χ3v) is 4.46. The minimum atomic E-state index is -0.226. The maximum atomic E-state index is 12.7. The molecule has 0 aliphatic carbocycles. The first-order valence-electron chi connectivity index (χ1n) is 8.36. The van der Waals surface area contributed by atoms with Crippen molar-refractivity contribution >= 4 is 17.3 Å². The average Bonchev–Trinajstić information content (AvgIpc) is 2.62. The molecule has 1 aromatic carbocycles. The molecule has 6 nitrogen and oxygen atoms in total. The molecule has 0 saturated carbocycles. The summed E-state index contributed by atoms with van der Waals surface area (Å²) in [6.07, 6.45) is 4.29. The van der Waals surface area contributed by atoms with Gasteiger partial charge in [-0.05, 0) is 30.9 Å². The molecule has 0 bridgehead atoms. The van der Waals surface area contributed by atoms with Gasteiger partial charge in [-0.15, -0.1) is 0 Å². The number of nitrogens with zero attached hydrogens (tertiary/aromatic N) is 2. The smallest absolute Gasteiger partial charge is 0.266 e. The lowest BCUT2D eigenvalue weighted by Crippen LogP contribution is -2.41. The number of anilines is 2. The van der Waals surface area contributed by atoms with Crippen molar-refractivity contribution in [3.8, 4) is 0 Å². The first kappa shape index (κ1) is 16.2. The van der Waals surface area contributed by atoms with E-state index in [0.717, 1.165) is 42.7 Å². The van der Waals surface area contributed by atoms with E-state index in [1.165, 1.54) is 6.07 Å². The highest BCUT2D eigenvalue weighted by Crippen LogP contribution is 2.24. The van der Waals surface area contributed by atoms with Gasteiger partial charge < -0.3 is 10.2 Å². The fourth-order valence-corrected chi connectivity index (χ4v) is 3.15. The second-order valence-corrected chi connectivity index (χ2v) is 6.09. The molecule has 6 heteroatoms. The first-order valence-corrected chi connectivity index (χ1v) is 8.36. The van der Waals surface area contributed by atoms with Crippen LogP contribution in [-0.4, -0.2) is 29.2 Å². The Labute approximate surface area is 140 Å². The molecule has 0 unspecified atom stereocenters. The third kappa shape index (κ3) is 3.64. The molecule has 126 valence electrons. The molecule has 2 heterocycles. The Kier molecular flexibility index (Phi) is 4.93. The van der Waals surface area contributed by atoms with Crippen molar-refractivity contribution in [3.05, 3.63) is 52.4 Å². The SMILES string of the molecule is CCc1ccccc1NC(=O)[C@H]1CCCN(c2cn[nH]c(=O)c2)C1. The van der Waals surface area contributed by atoms with Gasteiger partial charge in [-0.2, -0.15) is 5.10 Å². The van der Waals surface area contributed by atoms with Gasteiger partial charge in [0.15, 0.2) is 0 Å². The summed E-state index contributed by atoms with van der Waals surface area (Å²) in [7, 11) is 0. The predicted molar refractivity (Wildman–Crippen MR) is 94.2 cm³/mol. The van der Waals surface area contributed by atoms with Crippen molar-refractivity contribution in [1.29, 1.82) is 0 Å². The third-order valence-electron chi connectivity index (χ3n) is 4.46. The van der Waals surface area contributed by atoms with Crippen LogP contribution in [0.2, 0.25) is 0 Å². The summed E-state index contributed by atoms with van der Waals surface area (Å²) in [5, 5.41) is 9.28. The van der Waals surface area contributed by atoms with Gasteiger partial charge in [-0.25, -0.2) is 5.10 Å². The molecule has 1 amide bonds. The molecule has 1 aliphatic heterocycles. The van der Waals surface area contributed by atoms with Crippen molar-refractivity contribution in [2.24, 2.45) is 5.92 Å². The number of rotatable bonds is 4. The van der Waals surface area contributed by atoms with Crippen LogP contribution < -0.4 is 15.8 Å². The highest BCUT2D eigenvalue weighted by atomic mass is 16.2. The molecule has 2 aromatic rings. The van der Waals surface area contributed by atoms with Gasteiger partial charge in [0, 0.05) is 24.8 Å². The van der Waals surface area contributed by atoms with Gasteiger partial charge in [0.2, 0.25) is 5.91 Å². The van der Waals surface area contributed by atoms with Crippen LogP contribution in [0.25, 0.3) is 0 Å². The minimum Gasteiger partial charge on any atom is -0.369 e. The van der Waals surface area contributed by atoms with E-state index in [0.29, 0.717) is 6.54 Å². The molecule has 24 heavy (non-hydrogen) atoms. The fraction of sp³-hybridized carbons (Fsp3) is 0.389. The van der Waals surface area contributed by atoms with Crippen molar-refractivity contribution in [2.75, 3.05) is 23.3 Å². The monoisotopic (exact) mass is 326 g/mol. The maximum Gasteiger partial charge on any atom is 0.266 e. The summed E-state index contributed by atoms with van der Waals surface area (Å²) in [6.45, 7) is 3.51. The molecule has 1 atom stereocenters. The molecule has 1 fully saturated rings. The van der Waals surface area contributed by atoms with Crippen LogP contribution in [0.5, 0.6) is 0 Å². The lowest BCUT2D eigenvalue weighted by Gasteiger charge is -2.33. The zero-order valence-corrected chi connectivity index (χ0v) is 13.8. The molecule has 2 N–H and O–H groups in total. The second kappa shape index (κ2) is 7.29. The molecular formula is C18H22N4O2. The van der Waals surface area contributed by atoms with Crippen molar-refractivity contribution in [2.45, 2.75) is 26.2 Å². The Morgan fingerprint density at radius 3 is 3.04 bits per heavy atom. The Hall–Kier alpha value is -2.63. The van der Waals surface area contributed by atoms with Crippen LogP contribution in [0, 0.1) is 5.92 Å². The number of benzene rings is 1. The lowest BCUT2D eigenvalue weighted by atomic mass is 9.96. The minimum absolute atomic E-state index is 0.0402. The number of aromatic amines is 1. The number of H-pyrrole nitrogens is 1. The van der Waals surface area contributed by atoms with E-state index in [1.54, 1.807) is 6.20 Å². The number of amides is 1. The maximum absolute atomic E-state index is 12.7. The molecular weight excluding hydrogens is 304 g/mol. The second-order valence-electron chi connectivity index (χ2n) is 6.09. The summed E-state index contributed by atoms with van der Waals surface area (Å²) >= 11 is 0. The van der Waals surface area contributed by atoms with Crippen LogP contribution >= 0.6 is 0 Å². The van der Waals surface area contributed by atoms with E-state index in [2.05, 4.69) is 27.3 Å². The van der Waals surface area contributed by atoms with Gasteiger partial charge in [0.1, 0.15) is 0 Å². The summed E-state index contributed by atoms with van der Waals surface area (Å²) < 4.78 is 0. The van der Waals surface area contributed by atoms with Crippen LogP contribution in [0.4, 0.5) is 11.4 Å². The summed E-state index contributed by atoms with van der Waals surface area (Å²) in [4.78, 5) is 26.2. The topological polar surface area (TPSA) is 78.1 Å². The average molecular weight is 326 g/mol. The standard InChI is InChI=1S/C18H22N4O2/c1-2-13-6-3-4-8-16(13)20-18(24)14-7-5-9-22(12-14)15-10-17(23)21-19-11-15/h3-4,6,8,10-11,14H,2,5,7,9,12H2,1H3,(H,20,24)(H,21,23)/t14-/m0/s1. The number of carbonyl (C=O) groups is 1. The van der Waals surface area contributed by atoms with Crippen LogP contribution in [-0.2, 0) is 11.2 Å². The Morgan fingerprint density at radius 2 is 2.25 bits per heavy atom. The number of para-hydroxylation sites is 1. The number of carbonyl (C=O) groups excluding carboxylic acids is 1. The van der Waals surface area contributed by atoms with E-state index in [9.17, 15) is 9.59 Å². The molecule has 3 rings (SSSR count). The molecule has 0 radical (unpaired) electrons. The predicted octanol–water partition coefficient (Wildman–Crippen LogP) is 2.19. The number of aromatic nitrogens is 2. The lowest BCUT2D eigenvalue weighted by molar-refractivity contribution is -0.120. The molecule has 1 saturated heterocycles. The number of piperidine rings is 1. The van der Waals surface area contributed by atoms with E-state index >= 15 is 0 Å². The van der Waals surface area contributed by atoms with Gasteiger partial charge in [0.05, 0.1) is 17.8 Å². The summed E-state index contributed by atoms with van der Waals surface area (Å²) in [5.41, 5.74) is 2.57. The largest absolute Gasteiger partial charge is 0.369 e. The number of nitrogens with one attached hydrogen (secondary N) is 2. The van der Waals surface area contributed by atoms with E-state index in [-0.39, 0.29) is 17.4 Å². The highest BCUT2D eigenvalue weighted by molar-refractivity contribution is 5.93. The Bertz CT molecular complexity index is 771. The van der Waals surface area contributed by atoms with Crippen molar-refractivity contribution in [1.82, 2.24) is 10.2 Å². The zero-order valence-electron chi connectivity index (χ0n) is 13.8. The van der Waals surface area contributed by atoms with E-state index in [4.69, 9.17) is 0 Å². The number of hydrogen-bond donors (Lipinski definition) is 2. The van der Waals surface area contributed by atoms with E-state index in [1.807, 2.05) is 24.3 Å². The van der Waals surface area contributed by atoms with Gasteiger partial charge in [0.25, 0.3) is 5.56 Å². The summed E-state index contributed by atoms with van der Waals surface area (Å²) in [6, 6.07) is 9.42. The quantitative estimate of drug-likeness (QED) is 0.903. The molecule has 1 aliphatic rings. The van der Waals surface area contributed by atoms with Crippen molar-refractivity contribution < 1.29 is 4.79 Å².